The van der Waals surface area contributed by atoms with Crippen LogP contribution in [0.2, 0.25) is 0 Å². The van der Waals surface area contributed by atoms with Crippen LogP contribution < -0.4 is 0 Å². The van der Waals surface area contributed by atoms with E-state index < -0.39 is 5.97 Å². The summed E-state index contributed by atoms with van der Waals surface area (Å²) >= 11 is 0. The Morgan fingerprint density at radius 2 is 2.59 bits per heavy atom. The maximum atomic E-state index is 10.9. The van der Waals surface area contributed by atoms with E-state index in [2.05, 4.69) is 5.10 Å². The van der Waals surface area contributed by atoms with Gasteiger partial charge in [-0.2, -0.15) is 5.10 Å². The van der Waals surface area contributed by atoms with Gasteiger partial charge in [0.05, 0.1) is 19.3 Å². The number of aromatic nitrogens is 2. The van der Waals surface area contributed by atoms with E-state index in [1.54, 1.807) is 7.05 Å². The third-order valence-electron chi connectivity index (χ3n) is 2.70. The summed E-state index contributed by atoms with van der Waals surface area (Å²) in [5, 5.41) is 13.0. The van der Waals surface area contributed by atoms with Crippen LogP contribution in [0.1, 0.15) is 28.9 Å². The van der Waals surface area contributed by atoms with Gasteiger partial charge in [-0.25, -0.2) is 4.79 Å². The van der Waals surface area contributed by atoms with Crippen molar-refractivity contribution in [3.8, 4) is 0 Å². The van der Waals surface area contributed by atoms with E-state index in [0.29, 0.717) is 12.3 Å². The Labute approximate surface area is 99.1 Å². The minimum Gasteiger partial charge on any atom is -0.478 e. The fourth-order valence-electron chi connectivity index (χ4n) is 1.88. The molecule has 1 aromatic rings. The van der Waals surface area contributed by atoms with Gasteiger partial charge in [0.25, 0.3) is 0 Å². The number of carboxylic acids is 1. The molecule has 0 bridgehead atoms. The third kappa shape index (κ3) is 3.04. The minimum absolute atomic E-state index is 0.145. The molecule has 2 heterocycles. The summed E-state index contributed by atoms with van der Waals surface area (Å²) in [5.74, 6) is -0.978. The van der Waals surface area contributed by atoms with Crippen LogP contribution in [0.15, 0.2) is 6.20 Å². The van der Waals surface area contributed by atoms with E-state index in [4.69, 9.17) is 14.6 Å². The van der Waals surface area contributed by atoms with Gasteiger partial charge < -0.3 is 14.6 Å². The van der Waals surface area contributed by atoms with Crippen molar-refractivity contribution in [2.24, 2.45) is 7.05 Å². The van der Waals surface area contributed by atoms with Crippen LogP contribution in [0.4, 0.5) is 0 Å². The summed E-state index contributed by atoms with van der Waals surface area (Å²) in [7, 11) is 1.69. The average molecular weight is 240 g/mol. The minimum atomic E-state index is -0.978. The Morgan fingerprint density at radius 1 is 1.76 bits per heavy atom. The molecule has 94 valence electrons. The zero-order valence-corrected chi connectivity index (χ0v) is 9.76. The van der Waals surface area contributed by atoms with Crippen molar-refractivity contribution in [2.75, 3.05) is 13.2 Å². The SMILES string of the molecule is Cn1cc(C(=O)O)c(COCC2CCCO2)n1. The standard InChI is InChI=1S/C11H16N2O4/c1-13-5-9(11(14)15)10(12-13)7-16-6-8-3-2-4-17-8/h5,8H,2-4,6-7H2,1H3,(H,14,15). The molecule has 0 aromatic carbocycles. The van der Waals surface area contributed by atoms with Crippen LogP contribution in [0, 0.1) is 0 Å². The van der Waals surface area contributed by atoms with Crippen molar-refractivity contribution < 1.29 is 19.4 Å². The zero-order valence-electron chi connectivity index (χ0n) is 9.76. The van der Waals surface area contributed by atoms with Gasteiger partial charge in [0, 0.05) is 19.9 Å². The molecule has 1 fully saturated rings. The smallest absolute Gasteiger partial charge is 0.339 e. The molecule has 1 aliphatic rings. The monoisotopic (exact) mass is 240 g/mol. The second-order valence-corrected chi connectivity index (χ2v) is 4.12. The molecule has 1 atom stereocenters. The van der Waals surface area contributed by atoms with Gasteiger partial charge in [-0.1, -0.05) is 0 Å². The topological polar surface area (TPSA) is 73.6 Å². The fourth-order valence-corrected chi connectivity index (χ4v) is 1.88. The summed E-state index contributed by atoms with van der Waals surface area (Å²) in [6.45, 7) is 1.50. The van der Waals surface area contributed by atoms with Crippen LogP contribution in [-0.2, 0) is 23.1 Å². The number of nitrogens with zero attached hydrogens (tertiary/aromatic N) is 2. The molecule has 1 aliphatic heterocycles. The van der Waals surface area contributed by atoms with Crippen molar-refractivity contribution in [1.82, 2.24) is 9.78 Å². The first-order valence-corrected chi connectivity index (χ1v) is 5.62. The van der Waals surface area contributed by atoms with E-state index >= 15 is 0 Å². The van der Waals surface area contributed by atoms with E-state index in [0.717, 1.165) is 19.4 Å². The number of carboxylic acid groups (broad SMARTS) is 1. The molecule has 1 N–H and O–H groups in total. The molecular formula is C11H16N2O4. The Kier molecular flexibility index (Phi) is 3.75. The molecule has 0 spiro atoms. The lowest BCUT2D eigenvalue weighted by Crippen LogP contribution is -2.14. The fraction of sp³-hybridized carbons (Fsp3) is 0.636. The largest absolute Gasteiger partial charge is 0.478 e. The number of ether oxygens (including phenoxy) is 2. The van der Waals surface area contributed by atoms with Crippen LogP contribution in [0.25, 0.3) is 0 Å². The Bertz CT molecular complexity index is 396. The summed E-state index contributed by atoms with van der Waals surface area (Å²) in [4.78, 5) is 10.9. The summed E-state index contributed by atoms with van der Waals surface area (Å²) in [5.41, 5.74) is 0.651. The molecule has 6 heteroatoms. The van der Waals surface area contributed by atoms with Gasteiger partial charge in [0.15, 0.2) is 0 Å². The van der Waals surface area contributed by atoms with E-state index in [1.165, 1.54) is 10.9 Å². The predicted molar refractivity (Wildman–Crippen MR) is 58.8 cm³/mol. The Morgan fingerprint density at radius 3 is 3.24 bits per heavy atom. The third-order valence-corrected chi connectivity index (χ3v) is 2.70. The molecular weight excluding hydrogens is 224 g/mol. The molecule has 1 saturated heterocycles. The summed E-state index contributed by atoms with van der Waals surface area (Å²) in [6, 6.07) is 0. The zero-order chi connectivity index (χ0) is 12.3. The van der Waals surface area contributed by atoms with Crippen LogP contribution in [-0.4, -0.2) is 40.2 Å². The molecule has 0 saturated carbocycles. The lowest BCUT2D eigenvalue weighted by Gasteiger charge is -2.09. The number of carbonyl (C=O) groups is 1. The predicted octanol–water partition coefficient (Wildman–Crippen LogP) is 0.814. The average Bonchev–Trinajstić information content (AvgIpc) is 2.88. The van der Waals surface area contributed by atoms with Crippen LogP contribution >= 0.6 is 0 Å². The quantitative estimate of drug-likeness (QED) is 0.824. The second kappa shape index (κ2) is 5.29. The molecule has 0 amide bonds. The Balaban J connectivity index is 1.87. The first-order valence-electron chi connectivity index (χ1n) is 5.62. The number of rotatable bonds is 5. The van der Waals surface area contributed by atoms with E-state index in [9.17, 15) is 4.79 Å². The first kappa shape index (κ1) is 12.1. The maximum absolute atomic E-state index is 10.9. The molecule has 6 nitrogen and oxygen atoms in total. The molecule has 17 heavy (non-hydrogen) atoms. The van der Waals surface area contributed by atoms with Gasteiger partial charge in [0.2, 0.25) is 0 Å². The van der Waals surface area contributed by atoms with Crippen LogP contribution in [0.5, 0.6) is 0 Å². The normalized spacial score (nSPS) is 19.7. The van der Waals surface area contributed by atoms with Gasteiger partial charge in [-0.05, 0) is 12.8 Å². The highest BCUT2D eigenvalue weighted by molar-refractivity contribution is 5.88. The van der Waals surface area contributed by atoms with Gasteiger partial charge in [0.1, 0.15) is 11.3 Å². The van der Waals surface area contributed by atoms with Gasteiger partial charge in [-0.3, -0.25) is 4.68 Å². The molecule has 2 rings (SSSR count). The number of aromatic carboxylic acids is 1. The van der Waals surface area contributed by atoms with Gasteiger partial charge in [-0.15, -0.1) is 0 Å². The highest BCUT2D eigenvalue weighted by atomic mass is 16.5. The van der Waals surface area contributed by atoms with E-state index in [1.807, 2.05) is 0 Å². The van der Waals surface area contributed by atoms with Crippen molar-refractivity contribution in [3.05, 3.63) is 17.5 Å². The Hall–Kier alpha value is -1.40. The number of aryl methyl sites for hydroxylation is 1. The van der Waals surface area contributed by atoms with E-state index in [-0.39, 0.29) is 18.3 Å². The molecule has 0 aliphatic carbocycles. The number of hydrogen-bond donors (Lipinski definition) is 1. The highest BCUT2D eigenvalue weighted by Crippen LogP contribution is 2.13. The second-order valence-electron chi connectivity index (χ2n) is 4.12. The first-order chi connectivity index (χ1) is 8.16. The van der Waals surface area contributed by atoms with Crippen LogP contribution in [0.3, 0.4) is 0 Å². The molecule has 0 radical (unpaired) electrons. The summed E-state index contributed by atoms with van der Waals surface area (Å²) < 4.78 is 12.3. The van der Waals surface area contributed by atoms with Crippen molar-refractivity contribution in [3.63, 3.8) is 0 Å². The summed E-state index contributed by atoms with van der Waals surface area (Å²) in [6.07, 6.45) is 3.70. The molecule has 1 aromatic heterocycles. The van der Waals surface area contributed by atoms with Crippen molar-refractivity contribution in [2.45, 2.75) is 25.6 Å². The highest BCUT2D eigenvalue weighted by Gasteiger charge is 2.18. The lowest BCUT2D eigenvalue weighted by molar-refractivity contribution is 0.00924. The molecule has 1 unspecified atom stereocenters. The van der Waals surface area contributed by atoms with Gasteiger partial charge >= 0.3 is 5.97 Å². The van der Waals surface area contributed by atoms with Crippen molar-refractivity contribution in [1.29, 1.82) is 0 Å². The number of hydrogen-bond acceptors (Lipinski definition) is 4. The maximum Gasteiger partial charge on any atom is 0.339 e. The van der Waals surface area contributed by atoms with Crippen molar-refractivity contribution >= 4 is 5.97 Å². The lowest BCUT2D eigenvalue weighted by atomic mass is 10.2.